The lowest BCUT2D eigenvalue weighted by Crippen LogP contribution is -2.15. The first-order chi connectivity index (χ1) is 6.91. The largest absolute Gasteiger partial charge is 0.0660 e. The molecule has 0 bridgehead atoms. The standard InChI is InChI=1S/C14H15/c1-2-6-12-8-11-14(9-4-5-10-14)13(12)7-3-1/h1-3,6-8,11H,4-5,9-10H2/q+1. The minimum Gasteiger partial charge on any atom is -0.0512 e. The highest BCUT2D eigenvalue weighted by atomic mass is 14.4. The summed E-state index contributed by atoms with van der Waals surface area (Å²) in [6.07, 6.45) is 10.2. The van der Waals surface area contributed by atoms with Gasteiger partial charge in [0, 0.05) is 24.3 Å². The van der Waals surface area contributed by atoms with E-state index in [1.807, 2.05) is 0 Å². The summed E-state index contributed by atoms with van der Waals surface area (Å²) in [5.41, 5.74) is 3.39. The van der Waals surface area contributed by atoms with Crippen molar-refractivity contribution >= 4 is 6.08 Å². The number of rotatable bonds is 0. The van der Waals surface area contributed by atoms with E-state index >= 15 is 0 Å². The summed E-state index contributed by atoms with van der Waals surface area (Å²) in [4.78, 5) is 0. The van der Waals surface area contributed by atoms with Crippen molar-refractivity contribution in [3.05, 3.63) is 47.5 Å². The van der Waals surface area contributed by atoms with Gasteiger partial charge in [-0.15, -0.1) is 0 Å². The number of fused-ring (bicyclic) bond motifs is 2. The molecule has 0 aromatic heterocycles. The van der Waals surface area contributed by atoms with E-state index in [0.29, 0.717) is 5.41 Å². The first-order valence-electron chi connectivity index (χ1n) is 5.53. The molecule has 14 heavy (non-hydrogen) atoms. The monoisotopic (exact) mass is 183 g/mol. The van der Waals surface area contributed by atoms with Crippen molar-refractivity contribution in [3.63, 3.8) is 0 Å². The third-order valence-corrected chi connectivity index (χ3v) is 3.69. The third-order valence-electron chi connectivity index (χ3n) is 3.69. The Morgan fingerprint density at radius 3 is 2.79 bits per heavy atom. The van der Waals surface area contributed by atoms with Gasteiger partial charge in [0.2, 0.25) is 0 Å². The molecule has 0 amide bonds. The zero-order valence-corrected chi connectivity index (χ0v) is 8.37. The Morgan fingerprint density at radius 1 is 1.07 bits per heavy atom. The van der Waals surface area contributed by atoms with Crippen LogP contribution in [0.25, 0.3) is 6.08 Å². The van der Waals surface area contributed by atoms with Crippen LogP contribution in [0.2, 0.25) is 0 Å². The molecule has 2 aliphatic carbocycles. The molecular formula is C14H15+. The van der Waals surface area contributed by atoms with Crippen molar-refractivity contribution in [1.29, 1.82) is 0 Å². The van der Waals surface area contributed by atoms with E-state index in [2.05, 4.69) is 42.5 Å². The zero-order valence-electron chi connectivity index (χ0n) is 8.37. The van der Waals surface area contributed by atoms with Crippen LogP contribution in [0.3, 0.4) is 0 Å². The Balaban J connectivity index is 2.19. The molecule has 0 atom stereocenters. The second kappa shape index (κ2) is 2.91. The Morgan fingerprint density at radius 2 is 1.93 bits per heavy atom. The molecule has 3 rings (SSSR count). The second-order valence-electron chi connectivity index (χ2n) is 4.48. The van der Waals surface area contributed by atoms with Gasteiger partial charge >= 0.3 is 0 Å². The van der Waals surface area contributed by atoms with Gasteiger partial charge in [0.05, 0.1) is 16.5 Å². The predicted molar refractivity (Wildman–Crippen MR) is 60.0 cm³/mol. The van der Waals surface area contributed by atoms with Gasteiger partial charge in [-0.3, -0.25) is 0 Å². The number of allylic oxidation sites excluding steroid dienone is 1. The SMILES string of the molecule is C1=CC2(CCCC2)c2ccccc[c+]21. The van der Waals surface area contributed by atoms with Crippen molar-refractivity contribution < 1.29 is 0 Å². The van der Waals surface area contributed by atoms with Crippen LogP contribution in [-0.4, -0.2) is 0 Å². The maximum atomic E-state index is 2.44. The minimum absolute atomic E-state index is 0.411. The average molecular weight is 183 g/mol. The quantitative estimate of drug-likeness (QED) is 0.536. The maximum Gasteiger partial charge on any atom is 0.0660 e. The molecule has 0 radical (unpaired) electrons. The van der Waals surface area contributed by atoms with Crippen molar-refractivity contribution in [2.24, 2.45) is 0 Å². The lowest BCUT2D eigenvalue weighted by atomic mass is 9.82. The number of hydrogen-bond donors (Lipinski definition) is 0. The minimum atomic E-state index is 0.411. The molecule has 1 spiro atoms. The van der Waals surface area contributed by atoms with Gasteiger partial charge in [-0.1, -0.05) is 12.8 Å². The summed E-state index contributed by atoms with van der Waals surface area (Å²) in [6.45, 7) is 0. The van der Waals surface area contributed by atoms with Crippen LogP contribution in [0.5, 0.6) is 0 Å². The summed E-state index contributed by atoms with van der Waals surface area (Å²) < 4.78 is 0. The Kier molecular flexibility index (Phi) is 1.70. The Bertz CT molecular complexity index is 387. The van der Waals surface area contributed by atoms with E-state index in [9.17, 15) is 0 Å². The summed E-state index contributed by atoms with van der Waals surface area (Å²) >= 11 is 0. The lowest BCUT2D eigenvalue weighted by molar-refractivity contribution is 0.568. The van der Waals surface area contributed by atoms with E-state index < -0.39 is 0 Å². The van der Waals surface area contributed by atoms with Gasteiger partial charge in [0.15, 0.2) is 0 Å². The van der Waals surface area contributed by atoms with E-state index in [4.69, 9.17) is 0 Å². The van der Waals surface area contributed by atoms with E-state index in [0.717, 1.165) is 0 Å². The molecule has 0 saturated heterocycles. The highest BCUT2D eigenvalue weighted by Crippen LogP contribution is 2.47. The second-order valence-corrected chi connectivity index (χ2v) is 4.48. The fraction of sp³-hybridized carbons (Fsp3) is 0.357. The van der Waals surface area contributed by atoms with Crippen LogP contribution in [0.1, 0.15) is 36.8 Å². The molecule has 2 aliphatic rings. The molecule has 1 saturated carbocycles. The van der Waals surface area contributed by atoms with Crippen LogP contribution in [0, 0.1) is 0 Å². The van der Waals surface area contributed by atoms with Crippen LogP contribution in [0.4, 0.5) is 0 Å². The molecule has 0 nitrogen and oxygen atoms in total. The fourth-order valence-electron chi connectivity index (χ4n) is 2.94. The Hall–Kier alpha value is -1.17. The molecule has 1 fully saturated rings. The summed E-state index contributed by atoms with van der Waals surface area (Å²) in [6, 6.07) is 11.0. The first kappa shape index (κ1) is 8.16. The summed E-state index contributed by atoms with van der Waals surface area (Å²) in [5, 5.41) is 0. The molecule has 1 aromatic carbocycles. The van der Waals surface area contributed by atoms with Gasteiger partial charge in [-0.05, 0) is 31.1 Å². The molecule has 0 N–H and O–H groups in total. The van der Waals surface area contributed by atoms with Gasteiger partial charge in [0.25, 0.3) is 0 Å². The first-order valence-corrected chi connectivity index (χ1v) is 5.53. The fourth-order valence-corrected chi connectivity index (χ4v) is 2.94. The van der Waals surface area contributed by atoms with Gasteiger partial charge in [-0.2, -0.15) is 0 Å². The molecule has 0 heterocycles. The normalized spacial score (nSPS) is 21.4. The summed E-state index contributed by atoms with van der Waals surface area (Å²) in [7, 11) is 0. The van der Waals surface area contributed by atoms with Gasteiger partial charge in [-0.25, -0.2) is 0 Å². The predicted octanol–water partition coefficient (Wildman–Crippen LogP) is 3.81. The van der Waals surface area contributed by atoms with Crippen molar-refractivity contribution in [2.45, 2.75) is 31.1 Å². The number of hydrogen-bond acceptors (Lipinski definition) is 0. The molecule has 0 heteroatoms. The summed E-state index contributed by atoms with van der Waals surface area (Å²) in [5.74, 6) is 0. The molecule has 70 valence electrons. The van der Waals surface area contributed by atoms with E-state index in [1.165, 1.54) is 31.2 Å². The van der Waals surface area contributed by atoms with Crippen LogP contribution < -0.4 is 0 Å². The van der Waals surface area contributed by atoms with E-state index in [1.54, 1.807) is 5.56 Å². The van der Waals surface area contributed by atoms with Gasteiger partial charge in [0.1, 0.15) is 0 Å². The molecule has 1 aromatic rings. The van der Waals surface area contributed by atoms with E-state index in [-0.39, 0.29) is 0 Å². The molecule has 0 aliphatic heterocycles. The maximum absolute atomic E-state index is 2.44. The van der Waals surface area contributed by atoms with Crippen LogP contribution in [-0.2, 0) is 5.41 Å². The molecule has 0 unspecified atom stereocenters. The smallest absolute Gasteiger partial charge is 0.0512 e. The third kappa shape index (κ3) is 1.03. The Labute approximate surface area is 85.3 Å². The van der Waals surface area contributed by atoms with Crippen molar-refractivity contribution in [3.8, 4) is 0 Å². The zero-order chi connectivity index (χ0) is 9.43. The topological polar surface area (TPSA) is 0 Å². The van der Waals surface area contributed by atoms with Crippen molar-refractivity contribution in [2.75, 3.05) is 0 Å². The molecular weight excluding hydrogens is 168 g/mol. The lowest BCUT2D eigenvalue weighted by Gasteiger charge is -2.16. The van der Waals surface area contributed by atoms with Crippen molar-refractivity contribution in [1.82, 2.24) is 0 Å². The van der Waals surface area contributed by atoms with Crippen LogP contribution >= 0.6 is 0 Å². The van der Waals surface area contributed by atoms with Crippen LogP contribution in [0.15, 0.2) is 36.4 Å². The average Bonchev–Trinajstić information content (AvgIpc) is 2.72. The highest BCUT2D eigenvalue weighted by molar-refractivity contribution is 5.64. The van der Waals surface area contributed by atoms with Gasteiger partial charge < -0.3 is 0 Å². The highest BCUT2D eigenvalue weighted by Gasteiger charge is 2.41.